The van der Waals surface area contributed by atoms with Crippen molar-refractivity contribution in [1.29, 1.82) is 0 Å². The van der Waals surface area contributed by atoms with Gasteiger partial charge in [-0.1, -0.05) is 0 Å². The van der Waals surface area contributed by atoms with Crippen molar-refractivity contribution in [3.8, 4) is 5.75 Å². The Kier molecular flexibility index (Phi) is 3.36. The second-order valence-corrected chi connectivity index (χ2v) is 3.00. The zero-order valence-electron chi connectivity index (χ0n) is 8.60. The van der Waals surface area contributed by atoms with Crippen molar-refractivity contribution in [3.05, 3.63) is 12.1 Å². The second-order valence-electron chi connectivity index (χ2n) is 3.00. The van der Waals surface area contributed by atoms with Crippen LogP contribution in [0.25, 0.3) is 11.0 Å². The molecule has 5 nitrogen and oxygen atoms in total. The molecule has 1 aromatic carbocycles. The topological polar surface area (TPSA) is 66.0 Å². The van der Waals surface area contributed by atoms with Gasteiger partial charge in [0, 0.05) is 13.1 Å². The number of halogens is 1. The molecule has 0 atom stereocenters. The number of benzene rings is 1. The molecule has 0 bridgehead atoms. The molecule has 1 heterocycles. The molecule has 6 heteroatoms. The molecule has 0 amide bonds. The molecule has 15 heavy (non-hydrogen) atoms. The van der Waals surface area contributed by atoms with Crippen LogP contribution in [-0.4, -0.2) is 21.6 Å². The zero-order valence-corrected chi connectivity index (χ0v) is 9.41. The second kappa shape index (κ2) is 4.35. The molecule has 2 rings (SSSR count). The molecule has 0 spiro atoms. The number of anilines is 1. The minimum Gasteiger partial charge on any atom is -0.492 e. The number of nitrogens with two attached hydrogens (primary N) is 1. The Bertz CT molecular complexity index is 468. The molecule has 0 radical (unpaired) electrons. The molecular weight excluding hydrogens is 216 g/mol. The number of hydrogen-bond donors (Lipinski definition) is 1. The van der Waals surface area contributed by atoms with Gasteiger partial charge in [0.05, 0.1) is 12.3 Å². The maximum Gasteiger partial charge on any atom is 0.144 e. The fourth-order valence-corrected chi connectivity index (χ4v) is 1.35. The third-order valence-electron chi connectivity index (χ3n) is 1.91. The minimum atomic E-state index is 0. The molecule has 2 N–H and O–H groups in total. The van der Waals surface area contributed by atoms with Crippen molar-refractivity contribution in [1.82, 2.24) is 15.0 Å². The Balaban J connectivity index is 0.00000112. The predicted molar refractivity (Wildman–Crippen MR) is 61.3 cm³/mol. The summed E-state index contributed by atoms with van der Waals surface area (Å²) < 4.78 is 5.35. The van der Waals surface area contributed by atoms with Gasteiger partial charge in [-0.15, -0.1) is 12.4 Å². The van der Waals surface area contributed by atoms with Gasteiger partial charge in [0.2, 0.25) is 0 Å². The average molecular weight is 229 g/mol. The van der Waals surface area contributed by atoms with Crippen LogP contribution in [0.3, 0.4) is 0 Å². The lowest BCUT2D eigenvalue weighted by Crippen LogP contribution is -1.96. The normalized spacial score (nSPS) is 10.0. The number of hydrogen-bond acceptors (Lipinski definition) is 4. The maximum absolute atomic E-state index is 5.78. The van der Waals surface area contributed by atoms with E-state index in [0.717, 1.165) is 11.0 Å². The number of nitrogen functional groups attached to an aromatic ring is 1. The third kappa shape index (κ3) is 2.12. The summed E-state index contributed by atoms with van der Waals surface area (Å²) >= 11 is 0. The van der Waals surface area contributed by atoms with Crippen molar-refractivity contribution >= 4 is 29.1 Å². The Labute approximate surface area is 93.6 Å². The summed E-state index contributed by atoms with van der Waals surface area (Å²) in [7, 11) is 1.77. The van der Waals surface area contributed by atoms with Gasteiger partial charge >= 0.3 is 0 Å². The molecule has 0 aliphatic rings. The highest BCUT2D eigenvalue weighted by molar-refractivity contribution is 5.85. The maximum atomic E-state index is 5.78. The highest BCUT2D eigenvalue weighted by atomic mass is 35.5. The lowest BCUT2D eigenvalue weighted by Gasteiger charge is -2.04. The fourth-order valence-electron chi connectivity index (χ4n) is 1.35. The van der Waals surface area contributed by atoms with Crippen LogP contribution in [0.5, 0.6) is 5.75 Å². The molecule has 2 aromatic rings. The van der Waals surface area contributed by atoms with Crippen molar-refractivity contribution in [2.75, 3.05) is 12.3 Å². The van der Waals surface area contributed by atoms with E-state index in [-0.39, 0.29) is 12.4 Å². The van der Waals surface area contributed by atoms with E-state index in [2.05, 4.69) is 10.2 Å². The molecule has 0 fully saturated rings. The van der Waals surface area contributed by atoms with Gasteiger partial charge in [-0.3, -0.25) is 0 Å². The van der Waals surface area contributed by atoms with Gasteiger partial charge in [-0.2, -0.15) is 15.0 Å². The van der Waals surface area contributed by atoms with Crippen LogP contribution >= 0.6 is 12.4 Å². The van der Waals surface area contributed by atoms with Gasteiger partial charge in [0.15, 0.2) is 0 Å². The van der Waals surface area contributed by atoms with E-state index in [9.17, 15) is 0 Å². The van der Waals surface area contributed by atoms with Crippen LogP contribution in [0.1, 0.15) is 6.92 Å². The van der Waals surface area contributed by atoms with E-state index in [1.54, 1.807) is 19.2 Å². The quantitative estimate of drug-likeness (QED) is 0.789. The Morgan fingerprint density at radius 1 is 1.33 bits per heavy atom. The number of nitrogens with zero attached hydrogens (tertiary/aromatic N) is 3. The summed E-state index contributed by atoms with van der Waals surface area (Å²) in [6, 6.07) is 3.58. The van der Waals surface area contributed by atoms with Crippen LogP contribution in [0.15, 0.2) is 12.1 Å². The lowest BCUT2D eigenvalue weighted by molar-refractivity contribution is 0.342. The molecule has 0 aliphatic heterocycles. The standard InChI is InChI=1S/C9H12N4O.ClH/c1-3-14-9-5-8-7(4-6(9)10)11-13(2)12-8;/h4-5H,3,10H2,1-2H3;1H. The van der Waals surface area contributed by atoms with E-state index < -0.39 is 0 Å². The highest BCUT2D eigenvalue weighted by Gasteiger charge is 2.06. The molecule has 0 aliphatic carbocycles. The predicted octanol–water partition coefficient (Wildman–Crippen LogP) is 1.37. The number of aryl methyl sites for hydroxylation is 1. The first kappa shape index (κ1) is 11.6. The first-order valence-corrected chi connectivity index (χ1v) is 4.44. The van der Waals surface area contributed by atoms with E-state index in [1.165, 1.54) is 4.80 Å². The lowest BCUT2D eigenvalue weighted by atomic mass is 10.2. The molecule has 0 saturated carbocycles. The van der Waals surface area contributed by atoms with Crippen molar-refractivity contribution in [2.24, 2.45) is 7.05 Å². The van der Waals surface area contributed by atoms with Gasteiger partial charge in [0.1, 0.15) is 16.8 Å². The highest BCUT2D eigenvalue weighted by Crippen LogP contribution is 2.25. The van der Waals surface area contributed by atoms with Crippen molar-refractivity contribution in [2.45, 2.75) is 6.92 Å². The summed E-state index contributed by atoms with van der Waals surface area (Å²) in [6.07, 6.45) is 0. The van der Waals surface area contributed by atoms with Crippen LogP contribution in [0.2, 0.25) is 0 Å². The van der Waals surface area contributed by atoms with Crippen LogP contribution in [0, 0.1) is 0 Å². The van der Waals surface area contributed by atoms with E-state index in [4.69, 9.17) is 10.5 Å². The van der Waals surface area contributed by atoms with E-state index in [0.29, 0.717) is 18.0 Å². The Hall–Kier alpha value is -1.49. The summed E-state index contributed by atoms with van der Waals surface area (Å²) in [6.45, 7) is 2.51. The summed E-state index contributed by atoms with van der Waals surface area (Å²) in [5.74, 6) is 0.667. The smallest absolute Gasteiger partial charge is 0.144 e. The summed E-state index contributed by atoms with van der Waals surface area (Å²) in [5, 5.41) is 8.31. The van der Waals surface area contributed by atoms with Gasteiger partial charge in [-0.25, -0.2) is 0 Å². The average Bonchev–Trinajstić information content (AvgIpc) is 2.45. The monoisotopic (exact) mass is 228 g/mol. The van der Waals surface area contributed by atoms with Gasteiger partial charge in [-0.05, 0) is 13.0 Å². The van der Waals surface area contributed by atoms with Gasteiger partial charge in [0.25, 0.3) is 0 Å². The van der Waals surface area contributed by atoms with Crippen molar-refractivity contribution in [3.63, 3.8) is 0 Å². The van der Waals surface area contributed by atoms with Crippen molar-refractivity contribution < 1.29 is 4.74 Å². The molecule has 0 saturated heterocycles. The Morgan fingerprint density at radius 3 is 2.53 bits per heavy atom. The number of fused-ring (bicyclic) bond motifs is 1. The molecule has 82 valence electrons. The SMILES string of the molecule is CCOc1cc2nn(C)nc2cc1N.Cl. The fraction of sp³-hybridized carbons (Fsp3) is 0.333. The van der Waals surface area contributed by atoms with E-state index >= 15 is 0 Å². The summed E-state index contributed by atoms with van der Waals surface area (Å²) in [4.78, 5) is 1.51. The Morgan fingerprint density at radius 2 is 1.93 bits per heavy atom. The number of aromatic nitrogens is 3. The van der Waals surface area contributed by atoms with Crippen LogP contribution in [-0.2, 0) is 7.05 Å². The van der Waals surface area contributed by atoms with Crippen LogP contribution < -0.4 is 10.5 Å². The largest absolute Gasteiger partial charge is 0.492 e. The number of rotatable bonds is 2. The first-order valence-electron chi connectivity index (χ1n) is 4.44. The van der Waals surface area contributed by atoms with E-state index in [1.807, 2.05) is 6.92 Å². The number of ether oxygens (including phenoxy) is 1. The van der Waals surface area contributed by atoms with Gasteiger partial charge < -0.3 is 10.5 Å². The molecular formula is C9H13ClN4O. The minimum absolute atomic E-state index is 0. The zero-order chi connectivity index (χ0) is 10.1. The van der Waals surface area contributed by atoms with Crippen LogP contribution in [0.4, 0.5) is 5.69 Å². The first-order chi connectivity index (χ1) is 6.70. The summed E-state index contributed by atoms with van der Waals surface area (Å²) in [5.41, 5.74) is 7.96. The third-order valence-corrected chi connectivity index (χ3v) is 1.91. The molecule has 1 aromatic heterocycles. The molecule has 0 unspecified atom stereocenters.